The Bertz CT molecular complexity index is 905. The van der Waals surface area contributed by atoms with Gasteiger partial charge in [-0.15, -0.1) is 0 Å². The first-order valence-electron chi connectivity index (χ1n) is 8.23. The number of hydrogen-bond donors (Lipinski definition) is 2. The number of phenolic OH excluding ortho intramolecular Hbond substituents is 1. The van der Waals surface area contributed by atoms with Crippen LogP contribution >= 0.6 is 0 Å². The fraction of sp³-hybridized carbons (Fsp3) is 0.0952. The van der Waals surface area contributed by atoms with Crippen LogP contribution < -0.4 is 10.1 Å². The Morgan fingerprint density at radius 3 is 2.04 bits per heavy atom. The number of carbonyl (C=O) groups excluding carboxylic acids is 1. The zero-order valence-electron chi connectivity index (χ0n) is 14.3. The Hall–Kier alpha value is -3.41. The summed E-state index contributed by atoms with van der Waals surface area (Å²) in [5.41, 5.74) is 2.22. The average Bonchev–Trinajstić information content (AvgIpc) is 2.65. The first-order chi connectivity index (χ1) is 13.0. The first kappa shape index (κ1) is 18.4. The monoisotopic (exact) mass is 369 g/mol. The van der Waals surface area contributed by atoms with Crippen LogP contribution in [0.2, 0.25) is 0 Å². The fourth-order valence-corrected chi connectivity index (χ4v) is 2.51. The van der Waals surface area contributed by atoms with Gasteiger partial charge in [-0.2, -0.15) is 0 Å². The standard InChI is InChI=1S/C21H17F2NO3/c22-17-9-14(10-18(23)11-17)12-24-21(26)13-27-20-7-3-16(4-8-20)15-1-5-19(25)6-2-15/h1-11,25H,12-13H2,(H,24,26). The summed E-state index contributed by atoms with van der Waals surface area (Å²) in [5.74, 6) is -1.06. The summed E-state index contributed by atoms with van der Waals surface area (Å²) in [6.07, 6.45) is 0. The van der Waals surface area contributed by atoms with Crippen LogP contribution in [0, 0.1) is 11.6 Å². The van der Waals surface area contributed by atoms with Gasteiger partial charge in [-0.3, -0.25) is 4.79 Å². The number of rotatable bonds is 6. The Balaban J connectivity index is 1.50. The molecule has 0 aliphatic carbocycles. The van der Waals surface area contributed by atoms with Gasteiger partial charge in [0.1, 0.15) is 23.1 Å². The van der Waals surface area contributed by atoms with Crippen LogP contribution in [0.4, 0.5) is 8.78 Å². The maximum Gasteiger partial charge on any atom is 0.258 e. The Labute approximate surface area is 155 Å². The smallest absolute Gasteiger partial charge is 0.258 e. The quantitative estimate of drug-likeness (QED) is 0.690. The highest BCUT2D eigenvalue weighted by Crippen LogP contribution is 2.24. The lowest BCUT2D eigenvalue weighted by atomic mass is 10.1. The SMILES string of the molecule is O=C(COc1ccc(-c2ccc(O)cc2)cc1)NCc1cc(F)cc(F)c1. The van der Waals surface area contributed by atoms with Gasteiger partial charge in [0.2, 0.25) is 0 Å². The van der Waals surface area contributed by atoms with Crippen LogP contribution in [0.15, 0.2) is 66.7 Å². The molecule has 27 heavy (non-hydrogen) atoms. The zero-order valence-corrected chi connectivity index (χ0v) is 14.3. The van der Waals surface area contributed by atoms with Crippen LogP contribution in [0.3, 0.4) is 0 Å². The van der Waals surface area contributed by atoms with Gasteiger partial charge in [0.05, 0.1) is 0 Å². The largest absolute Gasteiger partial charge is 0.508 e. The molecule has 4 nitrogen and oxygen atoms in total. The van der Waals surface area contributed by atoms with Crippen molar-refractivity contribution < 1.29 is 23.4 Å². The molecule has 3 rings (SSSR count). The molecule has 0 saturated heterocycles. The molecule has 0 atom stereocenters. The van der Waals surface area contributed by atoms with E-state index in [1.807, 2.05) is 12.1 Å². The molecule has 6 heteroatoms. The highest BCUT2D eigenvalue weighted by Gasteiger charge is 2.06. The van der Waals surface area contributed by atoms with Crippen molar-refractivity contribution in [1.82, 2.24) is 5.32 Å². The molecule has 0 unspecified atom stereocenters. The number of phenols is 1. The normalized spacial score (nSPS) is 10.4. The van der Waals surface area contributed by atoms with E-state index in [4.69, 9.17) is 4.74 Å². The maximum atomic E-state index is 13.1. The molecule has 0 radical (unpaired) electrons. The van der Waals surface area contributed by atoms with Crippen molar-refractivity contribution in [2.75, 3.05) is 6.61 Å². The van der Waals surface area contributed by atoms with Gasteiger partial charge in [-0.05, 0) is 53.1 Å². The third-order valence-electron chi connectivity index (χ3n) is 3.84. The van der Waals surface area contributed by atoms with Gasteiger partial charge in [-0.25, -0.2) is 8.78 Å². The number of amides is 1. The van der Waals surface area contributed by atoms with Gasteiger partial charge in [-0.1, -0.05) is 24.3 Å². The number of carbonyl (C=O) groups is 1. The second-order valence-electron chi connectivity index (χ2n) is 5.91. The lowest BCUT2D eigenvalue weighted by Crippen LogP contribution is -2.28. The zero-order chi connectivity index (χ0) is 19.2. The van der Waals surface area contributed by atoms with E-state index in [9.17, 15) is 18.7 Å². The van der Waals surface area contributed by atoms with E-state index in [0.29, 0.717) is 11.3 Å². The van der Waals surface area contributed by atoms with Crippen molar-refractivity contribution >= 4 is 5.91 Å². The summed E-state index contributed by atoms with van der Waals surface area (Å²) in [6.45, 7) is -0.201. The molecule has 0 bridgehead atoms. The molecule has 0 aliphatic rings. The molecule has 0 aromatic heterocycles. The van der Waals surface area contributed by atoms with E-state index in [0.717, 1.165) is 29.3 Å². The highest BCUT2D eigenvalue weighted by molar-refractivity contribution is 5.77. The molecule has 0 spiro atoms. The van der Waals surface area contributed by atoms with E-state index >= 15 is 0 Å². The Morgan fingerprint density at radius 2 is 1.44 bits per heavy atom. The summed E-state index contributed by atoms with van der Waals surface area (Å²) < 4.78 is 31.6. The molecular weight excluding hydrogens is 352 g/mol. The molecule has 1 amide bonds. The molecule has 3 aromatic rings. The minimum Gasteiger partial charge on any atom is -0.508 e. The van der Waals surface area contributed by atoms with Crippen LogP contribution in [-0.4, -0.2) is 17.6 Å². The van der Waals surface area contributed by atoms with E-state index < -0.39 is 17.5 Å². The van der Waals surface area contributed by atoms with Crippen molar-refractivity contribution in [3.63, 3.8) is 0 Å². The van der Waals surface area contributed by atoms with Crippen molar-refractivity contribution in [3.05, 3.63) is 83.9 Å². The summed E-state index contributed by atoms with van der Waals surface area (Å²) in [4.78, 5) is 11.8. The third-order valence-corrected chi connectivity index (χ3v) is 3.84. The average molecular weight is 369 g/mol. The lowest BCUT2D eigenvalue weighted by Gasteiger charge is -2.09. The Morgan fingerprint density at radius 1 is 0.889 bits per heavy atom. The summed E-state index contributed by atoms with van der Waals surface area (Å²) in [5, 5.41) is 11.9. The minimum absolute atomic E-state index is 0.0106. The summed E-state index contributed by atoms with van der Waals surface area (Å²) in [6, 6.07) is 17.1. The number of ether oxygens (including phenoxy) is 1. The van der Waals surface area contributed by atoms with Gasteiger partial charge in [0.25, 0.3) is 5.91 Å². The van der Waals surface area contributed by atoms with Crippen LogP contribution in [0.1, 0.15) is 5.56 Å². The first-order valence-corrected chi connectivity index (χ1v) is 8.23. The number of aromatic hydroxyl groups is 1. The molecule has 0 heterocycles. The van der Waals surface area contributed by atoms with E-state index in [-0.39, 0.29) is 18.9 Å². The van der Waals surface area contributed by atoms with Crippen molar-refractivity contribution in [1.29, 1.82) is 0 Å². The molecule has 3 aromatic carbocycles. The van der Waals surface area contributed by atoms with E-state index in [2.05, 4.69) is 5.32 Å². The Kier molecular flexibility index (Phi) is 5.66. The highest BCUT2D eigenvalue weighted by atomic mass is 19.1. The van der Waals surface area contributed by atoms with Crippen LogP contribution in [0.5, 0.6) is 11.5 Å². The van der Waals surface area contributed by atoms with E-state index in [1.54, 1.807) is 36.4 Å². The van der Waals surface area contributed by atoms with Gasteiger partial charge >= 0.3 is 0 Å². The summed E-state index contributed by atoms with van der Waals surface area (Å²) in [7, 11) is 0. The molecule has 138 valence electrons. The topological polar surface area (TPSA) is 58.6 Å². The van der Waals surface area contributed by atoms with Crippen LogP contribution in [-0.2, 0) is 11.3 Å². The number of nitrogens with one attached hydrogen (secondary N) is 1. The van der Waals surface area contributed by atoms with Crippen molar-refractivity contribution in [3.8, 4) is 22.6 Å². The molecular formula is C21H17F2NO3. The second-order valence-corrected chi connectivity index (χ2v) is 5.91. The van der Waals surface area contributed by atoms with Gasteiger partial charge in [0.15, 0.2) is 6.61 Å². The second kappa shape index (κ2) is 8.31. The molecule has 0 aliphatic heterocycles. The number of hydrogen-bond acceptors (Lipinski definition) is 3. The van der Waals surface area contributed by atoms with Gasteiger partial charge in [0, 0.05) is 12.6 Å². The predicted molar refractivity (Wildman–Crippen MR) is 97.2 cm³/mol. The van der Waals surface area contributed by atoms with Gasteiger partial charge < -0.3 is 15.2 Å². The lowest BCUT2D eigenvalue weighted by molar-refractivity contribution is -0.123. The third kappa shape index (κ3) is 5.28. The summed E-state index contributed by atoms with van der Waals surface area (Å²) >= 11 is 0. The molecule has 0 fully saturated rings. The number of halogens is 2. The fourth-order valence-electron chi connectivity index (χ4n) is 2.51. The predicted octanol–water partition coefficient (Wildman–Crippen LogP) is 4.03. The van der Waals surface area contributed by atoms with E-state index in [1.165, 1.54) is 0 Å². The maximum absolute atomic E-state index is 13.1. The van der Waals surface area contributed by atoms with Crippen LogP contribution in [0.25, 0.3) is 11.1 Å². The van der Waals surface area contributed by atoms with Crippen molar-refractivity contribution in [2.24, 2.45) is 0 Å². The minimum atomic E-state index is -0.691. The number of benzene rings is 3. The molecule has 2 N–H and O–H groups in total. The van der Waals surface area contributed by atoms with Crippen molar-refractivity contribution in [2.45, 2.75) is 6.54 Å². The molecule has 0 saturated carbocycles.